The van der Waals surface area contributed by atoms with E-state index in [2.05, 4.69) is 10.3 Å². The van der Waals surface area contributed by atoms with Gasteiger partial charge in [-0.1, -0.05) is 24.3 Å². The van der Waals surface area contributed by atoms with Crippen LogP contribution in [0.5, 0.6) is 0 Å². The normalized spacial score (nSPS) is 10.8. The van der Waals surface area contributed by atoms with Crippen LogP contribution in [0.15, 0.2) is 48.8 Å². The van der Waals surface area contributed by atoms with Crippen LogP contribution in [0.4, 0.5) is 0 Å². The van der Waals surface area contributed by atoms with Crippen LogP contribution in [0.3, 0.4) is 0 Å². The van der Waals surface area contributed by atoms with Crippen LogP contribution < -0.4 is 5.32 Å². The van der Waals surface area contributed by atoms with E-state index in [1.807, 2.05) is 37.3 Å². The number of aromatic nitrogens is 1. The molecule has 4 nitrogen and oxygen atoms in total. The molecular weight excluding hydrogens is 276 g/mol. The van der Waals surface area contributed by atoms with Crippen molar-refractivity contribution in [1.29, 1.82) is 0 Å². The fourth-order valence-corrected chi connectivity index (χ4v) is 2.04. The second-order valence-electron chi connectivity index (χ2n) is 5.14. The minimum absolute atomic E-state index is 0.0512. The van der Waals surface area contributed by atoms with Crippen molar-refractivity contribution in [2.45, 2.75) is 20.0 Å². The number of nitrogens with zero attached hydrogens (tertiary/aromatic N) is 1. The molecule has 114 valence electrons. The largest absolute Gasteiger partial charge is 0.392 e. The fraction of sp³-hybridized carbons (Fsp3) is 0.222. The van der Waals surface area contributed by atoms with E-state index in [1.54, 1.807) is 18.5 Å². The summed E-state index contributed by atoms with van der Waals surface area (Å²) in [6.07, 6.45) is 7.53. The lowest BCUT2D eigenvalue weighted by molar-refractivity contribution is -0.116. The van der Waals surface area contributed by atoms with Gasteiger partial charge in [-0.05, 0) is 47.7 Å². The van der Waals surface area contributed by atoms with Gasteiger partial charge in [0, 0.05) is 25.0 Å². The van der Waals surface area contributed by atoms with E-state index in [4.69, 9.17) is 5.11 Å². The summed E-state index contributed by atoms with van der Waals surface area (Å²) in [5, 5.41) is 11.8. The molecule has 0 saturated carbocycles. The smallest absolute Gasteiger partial charge is 0.244 e. The monoisotopic (exact) mass is 296 g/mol. The SMILES string of the molecule is Cc1cncc(/C=C/C(=O)NCCc2ccc(CO)cc2)c1. The quantitative estimate of drug-likeness (QED) is 0.804. The lowest BCUT2D eigenvalue weighted by atomic mass is 10.1. The first-order chi connectivity index (χ1) is 10.7. The molecule has 1 aromatic heterocycles. The highest BCUT2D eigenvalue weighted by atomic mass is 16.3. The van der Waals surface area contributed by atoms with Gasteiger partial charge in [0.05, 0.1) is 6.61 Å². The fourth-order valence-electron chi connectivity index (χ4n) is 2.04. The van der Waals surface area contributed by atoms with Crippen molar-refractivity contribution in [3.63, 3.8) is 0 Å². The second kappa shape index (κ2) is 8.10. The number of amides is 1. The number of hydrogen-bond donors (Lipinski definition) is 2. The number of rotatable bonds is 6. The number of carbonyl (C=O) groups excluding carboxylic acids is 1. The zero-order chi connectivity index (χ0) is 15.8. The molecule has 0 unspecified atom stereocenters. The molecule has 2 rings (SSSR count). The zero-order valence-electron chi connectivity index (χ0n) is 12.6. The van der Waals surface area contributed by atoms with Crippen molar-refractivity contribution in [3.8, 4) is 0 Å². The van der Waals surface area contributed by atoms with Crippen LogP contribution in [-0.2, 0) is 17.8 Å². The van der Waals surface area contributed by atoms with Crippen LogP contribution in [0.1, 0.15) is 22.3 Å². The molecule has 1 heterocycles. The van der Waals surface area contributed by atoms with Gasteiger partial charge in [0.25, 0.3) is 0 Å². The molecule has 4 heteroatoms. The lowest BCUT2D eigenvalue weighted by Gasteiger charge is -2.04. The molecule has 2 N–H and O–H groups in total. The minimum Gasteiger partial charge on any atom is -0.392 e. The van der Waals surface area contributed by atoms with Crippen molar-refractivity contribution < 1.29 is 9.90 Å². The molecule has 0 aliphatic carbocycles. The maximum Gasteiger partial charge on any atom is 0.244 e. The van der Waals surface area contributed by atoms with Gasteiger partial charge in [-0.15, -0.1) is 0 Å². The molecule has 0 aliphatic rings. The van der Waals surface area contributed by atoms with Crippen molar-refractivity contribution in [1.82, 2.24) is 10.3 Å². The summed E-state index contributed by atoms with van der Waals surface area (Å²) in [6.45, 7) is 2.59. The number of aliphatic hydroxyl groups is 1. The molecule has 2 aromatic rings. The van der Waals surface area contributed by atoms with Crippen molar-refractivity contribution in [3.05, 3.63) is 71.1 Å². The van der Waals surface area contributed by atoms with Gasteiger partial charge in [-0.2, -0.15) is 0 Å². The predicted molar refractivity (Wildman–Crippen MR) is 87.1 cm³/mol. The Morgan fingerprint density at radius 3 is 2.64 bits per heavy atom. The summed E-state index contributed by atoms with van der Waals surface area (Å²) in [5.74, 6) is -0.117. The van der Waals surface area contributed by atoms with Gasteiger partial charge < -0.3 is 10.4 Å². The molecule has 0 aliphatic heterocycles. The van der Waals surface area contributed by atoms with E-state index < -0.39 is 0 Å². The Kier molecular flexibility index (Phi) is 5.86. The van der Waals surface area contributed by atoms with Gasteiger partial charge in [0.2, 0.25) is 5.91 Å². The molecule has 0 atom stereocenters. The third-order valence-electron chi connectivity index (χ3n) is 3.24. The summed E-state index contributed by atoms with van der Waals surface area (Å²) >= 11 is 0. The number of pyridine rings is 1. The maximum absolute atomic E-state index is 11.7. The third kappa shape index (κ3) is 5.14. The summed E-state index contributed by atoms with van der Waals surface area (Å²) in [6, 6.07) is 9.68. The first kappa shape index (κ1) is 15.9. The number of aryl methyl sites for hydroxylation is 1. The summed E-state index contributed by atoms with van der Waals surface area (Å²) in [5.41, 5.74) is 4.00. The van der Waals surface area contributed by atoms with Gasteiger partial charge >= 0.3 is 0 Å². The van der Waals surface area contributed by atoms with Crippen molar-refractivity contribution in [2.24, 2.45) is 0 Å². The van der Waals surface area contributed by atoms with Gasteiger partial charge in [-0.25, -0.2) is 0 Å². The van der Waals surface area contributed by atoms with E-state index in [0.717, 1.165) is 28.7 Å². The zero-order valence-corrected chi connectivity index (χ0v) is 12.6. The molecule has 0 bridgehead atoms. The number of hydrogen-bond acceptors (Lipinski definition) is 3. The van der Waals surface area contributed by atoms with Crippen molar-refractivity contribution in [2.75, 3.05) is 6.54 Å². The number of nitrogens with one attached hydrogen (secondary N) is 1. The molecule has 1 amide bonds. The van der Waals surface area contributed by atoms with Gasteiger partial charge in [0.15, 0.2) is 0 Å². The van der Waals surface area contributed by atoms with Crippen LogP contribution >= 0.6 is 0 Å². The van der Waals surface area contributed by atoms with Crippen LogP contribution in [0.25, 0.3) is 6.08 Å². The standard InChI is InChI=1S/C18H20N2O2/c1-14-10-17(12-19-11-14)6-7-18(22)20-9-8-15-2-4-16(13-21)5-3-15/h2-7,10-12,21H,8-9,13H2,1H3,(H,20,22)/b7-6+. The first-order valence-corrected chi connectivity index (χ1v) is 7.23. The Bertz CT molecular complexity index is 648. The lowest BCUT2D eigenvalue weighted by Crippen LogP contribution is -2.23. The third-order valence-corrected chi connectivity index (χ3v) is 3.24. The first-order valence-electron chi connectivity index (χ1n) is 7.23. The summed E-state index contributed by atoms with van der Waals surface area (Å²) in [4.78, 5) is 15.8. The van der Waals surface area contributed by atoms with E-state index in [9.17, 15) is 4.79 Å². The highest BCUT2D eigenvalue weighted by Crippen LogP contribution is 2.05. The Labute approximate surface area is 130 Å². The van der Waals surface area contributed by atoms with Gasteiger partial charge in [0.1, 0.15) is 0 Å². The number of carbonyl (C=O) groups is 1. The molecule has 0 saturated heterocycles. The highest BCUT2D eigenvalue weighted by Gasteiger charge is 1.98. The van der Waals surface area contributed by atoms with E-state index in [1.165, 1.54) is 6.08 Å². The average Bonchev–Trinajstić information content (AvgIpc) is 2.54. The topological polar surface area (TPSA) is 62.2 Å². The van der Waals surface area contributed by atoms with Crippen LogP contribution in [-0.4, -0.2) is 22.5 Å². The van der Waals surface area contributed by atoms with Crippen molar-refractivity contribution >= 4 is 12.0 Å². The maximum atomic E-state index is 11.7. The average molecular weight is 296 g/mol. The Hall–Kier alpha value is -2.46. The van der Waals surface area contributed by atoms with E-state index >= 15 is 0 Å². The minimum atomic E-state index is -0.117. The van der Waals surface area contributed by atoms with Gasteiger partial charge in [-0.3, -0.25) is 9.78 Å². The Balaban J connectivity index is 1.77. The number of benzene rings is 1. The van der Waals surface area contributed by atoms with Crippen LogP contribution in [0, 0.1) is 6.92 Å². The van der Waals surface area contributed by atoms with Crippen LogP contribution in [0.2, 0.25) is 0 Å². The summed E-state index contributed by atoms with van der Waals surface area (Å²) in [7, 11) is 0. The highest BCUT2D eigenvalue weighted by molar-refractivity contribution is 5.91. The van der Waals surface area contributed by atoms with E-state index in [-0.39, 0.29) is 12.5 Å². The molecule has 22 heavy (non-hydrogen) atoms. The second-order valence-corrected chi connectivity index (χ2v) is 5.14. The Morgan fingerprint density at radius 2 is 1.95 bits per heavy atom. The molecule has 0 radical (unpaired) electrons. The molecule has 0 fully saturated rings. The molecular formula is C18H20N2O2. The summed E-state index contributed by atoms with van der Waals surface area (Å²) < 4.78 is 0. The number of aliphatic hydroxyl groups excluding tert-OH is 1. The molecule has 1 aromatic carbocycles. The molecule has 0 spiro atoms. The predicted octanol–water partition coefficient (Wildman–Crippen LogP) is 2.25. The van der Waals surface area contributed by atoms with E-state index in [0.29, 0.717) is 6.54 Å². The Morgan fingerprint density at radius 1 is 1.23 bits per heavy atom.